The second-order valence-electron chi connectivity index (χ2n) is 8.44. The van der Waals surface area contributed by atoms with Gasteiger partial charge in [-0.1, -0.05) is 35.9 Å². The van der Waals surface area contributed by atoms with E-state index in [1.807, 2.05) is 0 Å². The number of carbonyl (C=O) groups excluding carboxylic acids is 2. The van der Waals surface area contributed by atoms with E-state index in [0.717, 1.165) is 23.1 Å². The number of amides is 1. The van der Waals surface area contributed by atoms with Crippen molar-refractivity contribution in [1.82, 2.24) is 0 Å². The lowest BCUT2D eigenvalue weighted by Crippen LogP contribution is -2.39. The highest BCUT2D eigenvalue weighted by Gasteiger charge is 2.28. The predicted molar refractivity (Wildman–Crippen MR) is 127 cm³/mol. The van der Waals surface area contributed by atoms with Crippen LogP contribution >= 0.6 is 11.6 Å². The molecule has 0 unspecified atom stereocenters. The number of methoxy groups -OCH3 is 1. The molecule has 1 amide bonds. The zero-order valence-corrected chi connectivity index (χ0v) is 20.0. The maximum Gasteiger partial charge on any atom is 0.326 e. The smallest absolute Gasteiger partial charge is 0.326 e. The average molecular weight is 488 g/mol. The lowest BCUT2D eigenvalue weighted by molar-refractivity contribution is -0.152. The van der Waals surface area contributed by atoms with E-state index in [0.29, 0.717) is 21.9 Å². The molecule has 0 saturated heterocycles. The van der Waals surface area contributed by atoms with Gasteiger partial charge in [0.2, 0.25) is 0 Å². The molecule has 0 spiro atoms. The molecule has 0 saturated carbocycles. The van der Waals surface area contributed by atoms with Crippen LogP contribution in [0.4, 0.5) is 14.5 Å². The Bertz CT molecular complexity index is 1200. The topological polar surface area (TPSA) is 55.8 Å². The molecule has 0 atom stereocenters. The fraction of sp³-hybridized carbons (Fsp3) is 0.231. The van der Waals surface area contributed by atoms with Crippen LogP contribution in [0.15, 0.2) is 60.7 Å². The normalized spacial score (nSPS) is 11.1. The number of anilines is 1. The van der Waals surface area contributed by atoms with Crippen LogP contribution < -0.4 is 9.64 Å². The van der Waals surface area contributed by atoms with Crippen LogP contribution in [0.3, 0.4) is 0 Å². The zero-order chi connectivity index (χ0) is 25.0. The Hall–Kier alpha value is -3.45. The van der Waals surface area contributed by atoms with Crippen LogP contribution in [0.5, 0.6) is 5.75 Å². The summed E-state index contributed by atoms with van der Waals surface area (Å²) >= 11 is 6.40. The molecule has 0 N–H and O–H groups in total. The first-order valence-corrected chi connectivity index (χ1v) is 10.8. The van der Waals surface area contributed by atoms with Crippen molar-refractivity contribution in [3.8, 4) is 16.9 Å². The SMILES string of the molecule is COc1cccc(Cl)c1-c1cccc(N(CC(=O)OC(C)(C)C)C(=O)c2c(F)cccc2F)c1. The Labute approximate surface area is 201 Å². The molecule has 0 aliphatic heterocycles. The van der Waals surface area contributed by atoms with Gasteiger partial charge in [-0.2, -0.15) is 0 Å². The molecule has 0 aliphatic rings. The third-order valence-corrected chi connectivity index (χ3v) is 5.09. The lowest BCUT2D eigenvalue weighted by Gasteiger charge is -2.26. The van der Waals surface area contributed by atoms with E-state index in [1.165, 1.54) is 7.11 Å². The second-order valence-corrected chi connectivity index (χ2v) is 8.85. The summed E-state index contributed by atoms with van der Waals surface area (Å²) in [5, 5.41) is 0.404. The monoisotopic (exact) mass is 487 g/mol. The van der Waals surface area contributed by atoms with Gasteiger partial charge in [0, 0.05) is 11.3 Å². The number of carbonyl (C=O) groups is 2. The summed E-state index contributed by atoms with van der Waals surface area (Å²) in [5.74, 6) is -3.34. The van der Waals surface area contributed by atoms with Crippen LogP contribution in [0.1, 0.15) is 31.1 Å². The number of esters is 1. The van der Waals surface area contributed by atoms with Crippen molar-refractivity contribution in [2.75, 3.05) is 18.6 Å². The molecule has 0 radical (unpaired) electrons. The van der Waals surface area contributed by atoms with E-state index in [-0.39, 0.29) is 5.69 Å². The van der Waals surface area contributed by atoms with Crippen molar-refractivity contribution in [2.45, 2.75) is 26.4 Å². The summed E-state index contributed by atoms with van der Waals surface area (Å²) < 4.78 is 39.6. The first-order chi connectivity index (χ1) is 16.0. The summed E-state index contributed by atoms with van der Waals surface area (Å²) in [6.07, 6.45) is 0. The number of halogens is 3. The highest BCUT2D eigenvalue weighted by atomic mass is 35.5. The minimum atomic E-state index is -1.04. The summed E-state index contributed by atoms with van der Waals surface area (Å²) in [7, 11) is 1.50. The summed E-state index contributed by atoms with van der Waals surface area (Å²) in [5.41, 5.74) is -0.224. The minimum absolute atomic E-state index is 0.220. The molecular formula is C26H24ClF2NO4. The molecule has 0 aliphatic carbocycles. The highest BCUT2D eigenvalue weighted by Crippen LogP contribution is 2.38. The summed E-state index contributed by atoms with van der Waals surface area (Å²) in [4.78, 5) is 26.9. The van der Waals surface area contributed by atoms with Gasteiger partial charge in [0.15, 0.2) is 0 Å². The van der Waals surface area contributed by atoms with Crippen LogP contribution in [0, 0.1) is 11.6 Å². The minimum Gasteiger partial charge on any atom is -0.496 e. The number of hydrogen-bond donors (Lipinski definition) is 0. The molecule has 5 nitrogen and oxygen atoms in total. The van der Waals surface area contributed by atoms with Gasteiger partial charge in [-0.15, -0.1) is 0 Å². The Kier molecular flexibility index (Phi) is 7.57. The first-order valence-electron chi connectivity index (χ1n) is 10.4. The van der Waals surface area contributed by atoms with E-state index in [4.69, 9.17) is 21.1 Å². The van der Waals surface area contributed by atoms with Crippen LogP contribution in [-0.2, 0) is 9.53 Å². The van der Waals surface area contributed by atoms with Gasteiger partial charge in [-0.25, -0.2) is 8.78 Å². The molecule has 3 aromatic rings. The second kappa shape index (κ2) is 10.2. The molecule has 34 heavy (non-hydrogen) atoms. The van der Waals surface area contributed by atoms with Gasteiger partial charge in [-0.05, 0) is 62.7 Å². The Morgan fingerprint density at radius 3 is 2.21 bits per heavy atom. The maximum absolute atomic E-state index is 14.4. The van der Waals surface area contributed by atoms with E-state index in [9.17, 15) is 18.4 Å². The molecule has 0 heterocycles. The van der Waals surface area contributed by atoms with Crippen LogP contribution in [0.2, 0.25) is 5.02 Å². The van der Waals surface area contributed by atoms with Gasteiger partial charge < -0.3 is 9.47 Å². The Balaban J connectivity index is 2.11. The van der Waals surface area contributed by atoms with Crippen molar-refractivity contribution in [3.05, 3.63) is 82.9 Å². The summed E-state index contributed by atoms with van der Waals surface area (Å²) in [6, 6.07) is 14.8. The molecule has 178 valence electrons. The maximum atomic E-state index is 14.4. The number of ether oxygens (including phenoxy) is 2. The van der Waals surface area contributed by atoms with Crippen molar-refractivity contribution in [2.24, 2.45) is 0 Å². The fourth-order valence-electron chi connectivity index (χ4n) is 3.40. The highest BCUT2D eigenvalue weighted by molar-refractivity contribution is 6.33. The zero-order valence-electron chi connectivity index (χ0n) is 19.2. The third kappa shape index (κ3) is 5.72. The van der Waals surface area contributed by atoms with Gasteiger partial charge in [-0.3, -0.25) is 14.5 Å². The lowest BCUT2D eigenvalue weighted by atomic mass is 10.0. The first kappa shape index (κ1) is 25.2. The largest absolute Gasteiger partial charge is 0.496 e. The predicted octanol–water partition coefficient (Wildman–Crippen LogP) is 6.28. The number of hydrogen-bond acceptors (Lipinski definition) is 4. The van der Waals surface area contributed by atoms with Gasteiger partial charge in [0.05, 0.1) is 12.1 Å². The van der Waals surface area contributed by atoms with E-state index < -0.39 is 41.2 Å². The van der Waals surface area contributed by atoms with Crippen molar-refractivity contribution in [1.29, 1.82) is 0 Å². The van der Waals surface area contributed by atoms with E-state index in [2.05, 4.69) is 0 Å². The van der Waals surface area contributed by atoms with Gasteiger partial charge >= 0.3 is 5.97 Å². The van der Waals surface area contributed by atoms with E-state index >= 15 is 0 Å². The summed E-state index contributed by atoms with van der Waals surface area (Å²) in [6.45, 7) is 4.47. The molecule has 3 aromatic carbocycles. The quantitative estimate of drug-likeness (QED) is 0.384. The molecule has 3 rings (SSSR count). The van der Waals surface area contributed by atoms with Crippen molar-refractivity contribution < 1.29 is 27.8 Å². The Morgan fingerprint density at radius 2 is 1.59 bits per heavy atom. The van der Waals surface area contributed by atoms with Crippen molar-refractivity contribution in [3.63, 3.8) is 0 Å². The number of nitrogens with zero attached hydrogens (tertiary/aromatic N) is 1. The molecule has 0 fully saturated rings. The average Bonchev–Trinajstić information content (AvgIpc) is 2.76. The molecule has 0 aromatic heterocycles. The Morgan fingerprint density at radius 1 is 0.971 bits per heavy atom. The van der Waals surface area contributed by atoms with Crippen molar-refractivity contribution >= 4 is 29.2 Å². The molecule has 0 bridgehead atoms. The van der Waals surface area contributed by atoms with Gasteiger partial charge in [0.1, 0.15) is 35.1 Å². The molecule has 8 heteroatoms. The third-order valence-electron chi connectivity index (χ3n) is 4.77. The number of rotatable bonds is 6. The van der Waals surface area contributed by atoms with E-state index in [1.54, 1.807) is 63.2 Å². The standard InChI is InChI=1S/C26H24ClF2NO4/c1-26(2,3)34-22(31)15-30(25(32)24-19(28)11-7-12-20(24)29)17-9-5-8-16(14-17)23-18(27)10-6-13-21(23)33-4/h5-14H,15H2,1-4H3. The molecular weight excluding hydrogens is 464 g/mol. The number of benzene rings is 3. The fourth-order valence-corrected chi connectivity index (χ4v) is 3.68. The van der Waals surface area contributed by atoms with Crippen LogP contribution in [0.25, 0.3) is 11.1 Å². The van der Waals surface area contributed by atoms with Crippen LogP contribution in [-0.4, -0.2) is 31.1 Å². The van der Waals surface area contributed by atoms with Gasteiger partial charge in [0.25, 0.3) is 5.91 Å².